The molecule has 0 spiro atoms. The molecule has 1 nitrogen and oxygen atoms in total. The number of aliphatic hydroxyl groups is 1. The number of hydrogen-bond acceptors (Lipinski definition) is 1. The molecule has 25 heavy (non-hydrogen) atoms. The molecule has 0 amide bonds. The zero-order chi connectivity index (χ0) is 16.9. The molecule has 2 unspecified atom stereocenters. The highest BCUT2D eigenvalue weighted by Crippen LogP contribution is 2.59. The second-order valence-corrected chi connectivity index (χ2v) is 7.27. The SMILES string of the molecule is OC12c3ccccc3C(c3ccccc31)C1C#CCCCCC#CC12. The molecule has 1 heteroatoms. The molecule has 2 atom stereocenters. The lowest BCUT2D eigenvalue weighted by Gasteiger charge is -2.52. The summed E-state index contributed by atoms with van der Waals surface area (Å²) in [4.78, 5) is 0. The minimum absolute atomic E-state index is 0.0559. The van der Waals surface area contributed by atoms with Crippen molar-refractivity contribution in [3.63, 3.8) is 0 Å². The molecule has 0 aromatic heterocycles. The second kappa shape index (κ2) is 5.52. The van der Waals surface area contributed by atoms with Crippen LogP contribution in [0.15, 0.2) is 48.5 Å². The largest absolute Gasteiger partial charge is 0.379 e. The standard InChI is InChI=1S/C24H20O/c25-24-20-14-6-4-2-1-3-5-11-17(20)23(18-12-7-9-15-21(18)24)19-13-8-10-16-22(19)24/h7-10,12-13,15-17,20,23,25H,1-4H2. The summed E-state index contributed by atoms with van der Waals surface area (Å²) in [5, 5.41) is 12.0. The van der Waals surface area contributed by atoms with Crippen molar-refractivity contribution in [1.82, 2.24) is 0 Å². The lowest BCUT2D eigenvalue weighted by atomic mass is 9.52. The van der Waals surface area contributed by atoms with Crippen molar-refractivity contribution in [2.45, 2.75) is 37.2 Å². The second-order valence-electron chi connectivity index (χ2n) is 7.27. The normalized spacial score (nSPS) is 31.3. The zero-order valence-electron chi connectivity index (χ0n) is 14.1. The molecule has 0 radical (unpaired) electrons. The fourth-order valence-electron chi connectivity index (χ4n) is 4.88. The Bertz CT molecular complexity index is 915. The van der Waals surface area contributed by atoms with Crippen molar-refractivity contribution in [3.05, 3.63) is 70.8 Å². The van der Waals surface area contributed by atoms with Crippen LogP contribution in [0.4, 0.5) is 0 Å². The van der Waals surface area contributed by atoms with E-state index >= 15 is 0 Å². The fraction of sp³-hybridized carbons (Fsp3) is 0.333. The first-order valence-electron chi connectivity index (χ1n) is 9.20. The van der Waals surface area contributed by atoms with Crippen LogP contribution in [0.2, 0.25) is 0 Å². The van der Waals surface area contributed by atoms with Crippen LogP contribution in [0.3, 0.4) is 0 Å². The van der Waals surface area contributed by atoms with Crippen molar-refractivity contribution in [2.24, 2.45) is 11.8 Å². The highest BCUT2D eigenvalue weighted by molar-refractivity contribution is 5.61. The van der Waals surface area contributed by atoms with Crippen LogP contribution in [0.5, 0.6) is 0 Å². The van der Waals surface area contributed by atoms with E-state index in [9.17, 15) is 5.11 Å². The summed E-state index contributed by atoms with van der Waals surface area (Å²) in [7, 11) is 0. The van der Waals surface area contributed by atoms with Crippen LogP contribution < -0.4 is 0 Å². The molecular formula is C24H20O. The van der Waals surface area contributed by atoms with E-state index in [2.05, 4.69) is 60.1 Å². The third-order valence-electron chi connectivity index (χ3n) is 5.96. The predicted molar refractivity (Wildman–Crippen MR) is 98.7 cm³/mol. The van der Waals surface area contributed by atoms with Gasteiger partial charge in [-0.15, -0.1) is 11.8 Å². The summed E-state index contributed by atoms with van der Waals surface area (Å²) in [5.41, 5.74) is 3.42. The van der Waals surface area contributed by atoms with Crippen molar-refractivity contribution in [2.75, 3.05) is 0 Å². The van der Waals surface area contributed by atoms with Gasteiger partial charge in [-0.3, -0.25) is 0 Å². The van der Waals surface area contributed by atoms with Gasteiger partial charge < -0.3 is 5.11 Å². The molecule has 2 aromatic rings. The maximum atomic E-state index is 12.0. The quantitative estimate of drug-likeness (QED) is 0.720. The summed E-state index contributed by atoms with van der Waals surface area (Å²) in [5.74, 6) is 13.8. The van der Waals surface area contributed by atoms with Gasteiger partial charge in [-0.1, -0.05) is 60.4 Å². The highest BCUT2D eigenvalue weighted by atomic mass is 16.3. The smallest absolute Gasteiger partial charge is 0.130 e. The van der Waals surface area contributed by atoms with E-state index in [1.165, 1.54) is 11.1 Å². The van der Waals surface area contributed by atoms with E-state index in [0.29, 0.717) is 0 Å². The third kappa shape index (κ3) is 1.97. The maximum Gasteiger partial charge on any atom is 0.130 e. The minimum Gasteiger partial charge on any atom is -0.379 e. The fourth-order valence-corrected chi connectivity index (χ4v) is 4.88. The third-order valence-corrected chi connectivity index (χ3v) is 5.96. The van der Waals surface area contributed by atoms with Crippen molar-refractivity contribution in [3.8, 4) is 23.7 Å². The Morgan fingerprint density at radius 1 is 0.800 bits per heavy atom. The molecule has 1 N–H and O–H groups in total. The Balaban J connectivity index is 1.83. The molecule has 2 aromatic carbocycles. The van der Waals surface area contributed by atoms with Gasteiger partial charge >= 0.3 is 0 Å². The van der Waals surface area contributed by atoms with Crippen LogP contribution in [0.25, 0.3) is 0 Å². The van der Waals surface area contributed by atoms with Crippen LogP contribution in [-0.4, -0.2) is 5.11 Å². The number of hydrogen-bond donors (Lipinski definition) is 1. The molecular weight excluding hydrogens is 304 g/mol. The first-order chi connectivity index (χ1) is 12.3. The average Bonchev–Trinajstić information content (AvgIpc) is 2.66. The molecule has 0 heterocycles. The molecule has 0 fully saturated rings. The van der Waals surface area contributed by atoms with Gasteiger partial charge in [0.05, 0.1) is 5.92 Å². The summed E-state index contributed by atoms with van der Waals surface area (Å²) >= 11 is 0. The van der Waals surface area contributed by atoms with Gasteiger partial charge in [0.1, 0.15) is 5.60 Å². The van der Waals surface area contributed by atoms with E-state index in [1.54, 1.807) is 0 Å². The highest BCUT2D eigenvalue weighted by Gasteiger charge is 2.57. The topological polar surface area (TPSA) is 20.2 Å². The first-order valence-corrected chi connectivity index (χ1v) is 9.20. The molecule has 122 valence electrons. The van der Waals surface area contributed by atoms with E-state index in [1.807, 2.05) is 12.1 Å². The van der Waals surface area contributed by atoms with Gasteiger partial charge in [0.2, 0.25) is 0 Å². The summed E-state index contributed by atoms with van der Waals surface area (Å²) in [6.45, 7) is 0. The lowest BCUT2D eigenvalue weighted by molar-refractivity contribution is -0.000878. The van der Waals surface area contributed by atoms with Crippen LogP contribution >= 0.6 is 0 Å². The van der Waals surface area contributed by atoms with Gasteiger partial charge in [-0.25, -0.2) is 0 Å². The molecule has 0 aliphatic heterocycles. The van der Waals surface area contributed by atoms with Crippen LogP contribution in [-0.2, 0) is 5.60 Å². The van der Waals surface area contributed by atoms with E-state index < -0.39 is 5.60 Å². The number of benzene rings is 2. The van der Waals surface area contributed by atoms with E-state index in [0.717, 1.165) is 36.8 Å². The van der Waals surface area contributed by atoms with Gasteiger partial charge in [0, 0.05) is 24.7 Å². The van der Waals surface area contributed by atoms with Crippen molar-refractivity contribution >= 4 is 0 Å². The van der Waals surface area contributed by atoms with Crippen molar-refractivity contribution < 1.29 is 5.11 Å². The zero-order valence-corrected chi connectivity index (χ0v) is 14.1. The van der Waals surface area contributed by atoms with Crippen LogP contribution in [0.1, 0.15) is 53.9 Å². The summed E-state index contributed by atoms with van der Waals surface area (Å²) in [6, 6.07) is 16.6. The summed E-state index contributed by atoms with van der Waals surface area (Å²) in [6.07, 6.45) is 4.03. The van der Waals surface area contributed by atoms with Crippen LogP contribution in [0, 0.1) is 35.5 Å². The van der Waals surface area contributed by atoms with Gasteiger partial charge in [-0.2, -0.15) is 0 Å². The minimum atomic E-state index is -1.06. The molecule has 4 aliphatic rings. The lowest BCUT2D eigenvalue weighted by Crippen LogP contribution is -2.51. The first kappa shape index (κ1) is 14.8. The van der Waals surface area contributed by atoms with Gasteiger partial charge in [0.25, 0.3) is 0 Å². The molecule has 0 saturated heterocycles. The molecule has 0 saturated carbocycles. The average molecular weight is 324 g/mol. The molecule has 2 bridgehead atoms. The number of rotatable bonds is 0. The Hall–Kier alpha value is -2.48. The Morgan fingerprint density at radius 3 is 2.00 bits per heavy atom. The maximum absolute atomic E-state index is 12.0. The Morgan fingerprint density at radius 2 is 1.36 bits per heavy atom. The Kier molecular flexibility index (Phi) is 3.27. The van der Waals surface area contributed by atoms with E-state index in [4.69, 9.17) is 0 Å². The summed E-state index contributed by atoms with van der Waals surface area (Å²) < 4.78 is 0. The predicted octanol–water partition coefficient (Wildman–Crippen LogP) is 4.19. The van der Waals surface area contributed by atoms with Gasteiger partial charge in [-0.05, 0) is 35.1 Å². The molecule has 6 rings (SSSR count). The van der Waals surface area contributed by atoms with Crippen molar-refractivity contribution in [1.29, 1.82) is 0 Å². The monoisotopic (exact) mass is 324 g/mol. The van der Waals surface area contributed by atoms with E-state index in [-0.39, 0.29) is 17.8 Å². The molecule has 4 aliphatic carbocycles. The Labute approximate surface area is 149 Å². The van der Waals surface area contributed by atoms with Gasteiger partial charge in [0.15, 0.2) is 0 Å².